The Hall–Kier alpha value is -5.54. The van der Waals surface area contributed by atoms with Crippen molar-refractivity contribution in [3.63, 3.8) is 0 Å². The van der Waals surface area contributed by atoms with Crippen molar-refractivity contribution in [3.8, 4) is 11.5 Å². The van der Waals surface area contributed by atoms with Crippen molar-refractivity contribution in [3.05, 3.63) is 130 Å². The lowest BCUT2D eigenvalue weighted by atomic mass is 9.94. The number of benzene rings is 4. The molecule has 0 bridgehead atoms. The molecule has 2 amide bonds. The molecule has 9 heteroatoms. The Labute approximate surface area is 296 Å². The van der Waals surface area contributed by atoms with Gasteiger partial charge in [-0.15, -0.1) is 0 Å². The zero-order valence-electron chi connectivity index (χ0n) is 28.8. The van der Waals surface area contributed by atoms with Crippen LogP contribution in [0.3, 0.4) is 0 Å². The number of aromatic hydroxyl groups is 2. The van der Waals surface area contributed by atoms with E-state index in [2.05, 4.69) is 44.9 Å². The molecule has 0 radical (unpaired) electrons. The summed E-state index contributed by atoms with van der Waals surface area (Å²) in [6, 6.07) is 25.9. The highest BCUT2D eigenvalue weighted by molar-refractivity contribution is 6.02. The zero-order valence-corrected chi connectivity index (χ0v) is 28.8. The summed E-state index contributed by atoms with van der Waals surface area (Å²) in [7, 11) is 1.84. The number of H-pyrrole nitrogens is 2. The molecule has 4 aromatic carbocycles. The molecule has 2 unspecified atom stereocenters. The van der Waals surface area contributed by atoms with E-state index in [9.17, 15) is 19.8 Å². The molecule has 2 atom stereocenters. The van der Waals surface area contributed by atoms with Gasteiger partial charge in [-0.3, -0.25) is 9.59 Å². The predicted molar refractivity (Wildman–Crippen MR) is 199 cm³/mol. The minimum atomic E-state index is -0.288. The Kier molecular flexibility index (Phi) is 8.73. The van der Waals surface area contributed by atoms with Crippen LogP contribution in [0.2, 0.25) is 0 Å². The first-order valence-electron chi connectivity index (χ1n) is 18.0. The summed E-state index contributed by atoms with van der Waals surface area (Å²) < 4.78 is 0. The molecule has 51 heavy (non-hydrogen) atoms. The molecule has 2 aromatic heterocycles. The van der Waals surface area contributed by atoms with Crippen molar-refractivity contribution in [2.24, 2.45) is 0 Å². The van der Waals surface area contributed by atoms with E-state index in [4.69, 9.17) is 0 Å². The second-order valence-electron chi connectivity index (χ2n) is 13.9. The minimum absolute atomic E-state index is 0.0322. The monoisotopic (exact) mass is 681 g/mol. The third-order valence-corrected chi connectivity index (χ3v) is 10.7. The van der Waals surface area contributed by atoms with Gasteiger partial charge < -0.3 is 35.7 Å². The molecular weight excluding hydrogens is 638 g/mol. The summed E-state index contributed by atoms with van der Waals surface area (Å²) in [5, 5.41) is 29.4. The molecule has 8 rings (SSSR count). The van der Waals surface area contributed by atoms with Crippen LogP contribution in [-0.4, -0.2) is 50.5 Å². The van der Waals surface area contributed by atoms with E-state index in [0.717, 1.165) is 101 Å². The van der Waals surface area contributed by atoms with Crippen LogP contribution in [-0.2, 0) is 13.0 Å². The summed E-state index contributed by atoms with van der Waals surface area (Å²) in [4.78, 5) is 34.9. The quantitative estimate of drug-likeness (QED) is 0.0694. The van der Waals surface area contributed by atoms with Crippen molar-refractivity contribution < 1.29 is 19.8 Å². The second-order valence-corrected chi connectivity index (χ2v) is 13.9. The van der Waals surface area contributed by atoms with Gasteiger partial charge in [-0.1, -0.05) is 62.1 Å². The number of aromatic amines is 2. The zero-order chi connectivity index (χ0) is 35.1. The first kappa shape index (κ1) is 32.7. The Balaban J connectivity index is 0.844. The number of nitrogens with one attached hydrogen (secondary N) is 4. The molecule has 260 valence electrons. The smallest absolute Gasteiger partial charge is 0.254 e. The second kappa shape index (κ2) is 13.6. The van der Waals surface area contributed by atoms with E-state index in [0.29, 0.717) is 17.7 Å². The molecule has 9 nitrogen and oxygen atoms in total. The lowest BCUT2D eigenvalue weighted by molar-refractivity contribution is 0.0793. The number of hydrogen-bond acceptors (Lipinski definition) is 5. The van der Waals surface area contributed by atoms with Gasteiger partial charge in [-0.25, -0.2) is 0 Å². The Morgan fingerprint density at radius 3 is 2.04 bits per heavy atom. The lowest BCUT2D eigenvalue weighted by Crippen LogP contribution is -2.25. The van der Waals surface area contributed by atoms with Crippen LogP contribution in [0, 0.1) is 0 Å². The number of nitrogens with zero attached hydrogens (tertiary/aromatic N) is 1. The number of phenols is 2. The van der Waals surface area contributed by atoms with Gasteiger partial charge in [-0.05, 0) is 85.5 Å². The summed E-state index contributed by atoms with van der Waals surface area (Å²) in [6.07, 6.45) is 7.61. The highest BCUT2D eigenvalue weighted by Gasteiger charge is 2.38. The molecule has 0 fully saturated rings. The number of unbranched alkanes of at least 4 members (excludes halogenated alkanes) is 5. The van der Waals surface area contributed by atoms with Gasteiger partial charge in [0.2, 0.25) is 0 Å². The number of carbonyl (C=O) groups is 2. The van der Waals surface area contributed by atoms with Crippen molar-refractivity contribution in [1.29, 1.82) is 0 Å². The molecule has 6 aromatic rings. The fourth-order valence-electron chi connectivity index (χ4n) is 8.24. The molecule has 0 spiro atoms. The molecule has 0 saturated carbocycles. The number of aromatic nitrogens is 2. The third kappa shape index (κ3) is 6.01. The number of amides is 2. The Bertz CT molecular complexity index is 2270. The third-order valence-electron chi connectivity index (χ3n) is 10.7. The van der Waals surface area contributed by atoms with E-state index in [-0.39, 0.29) is 35.4 Å². The number of phenolic OH excluding ortho intramolecular Hbond substituents is 2. The molecule has 4 heterocycles. The summed E-state index contributed by atoms with van der Waals surface area (Å²) >= 11 is 0. The molecule has 0 aliphatic carbocycles. The van der Waals surface area contributed by atoms with E-state index >= 15 is 0 Å². The van der Waals surface area contributed by atoms with E-state index in [1.54, 1.807) is 41.3 Å². The van der Waals surface area contributed by atoms with Crippen LogP contribution in [0.5, 0.6) is 11.5 Å². The highest BCUT2D eigenvalue weighted by atomic mass is 16.3. The predicted octanol–water partition coefficient (Wildman–Crippen LogP) is 7.74. The van der Waals surface area contributed by atoms with Crippen LogP contribution in [0.1, 0.15) is 105 Å². The van der Waals surface area contributed by atoms with Crippen molar-refractivity contribution >= 4 is 33.6 Å². The standard InChI is InChI=1S/C42H43N5O4/c1-47-40(32-23-26(49)18-20-28(32)42(47)51)38-30-13-8-10-15-34(30)45-36(38)24-43-21-11-5-3-2-4-6-16-35-37(29-12-7-9-14-33(29)44-35)39-31-22-25(48)17-19-27(31)41(50)46-39/h7-10,12-15,17-20,22-23,39-40,43-45,48-49H,2-6,11,16,21,24H2,1H3,(H,46,50). The Morgan fingerprint density at radius 2 is 1.29 bits per heavy atom. The van der Waals surface area contributed by atoms with Gasteiger partial charge in [0.15, 0.2) is 0 Å². The molecule has 2 aliphatic rings. The van der Waals surface area contributed by atoms with Crippen LogP contribution < -0.4 is 10.6 Å². The number of rotatable bonds is 13. The first-order chi connectivity index (χ1) is 24.9. The number of aryl methyl sites for hydroxylation is 1. The summed E-state index contributed by atoms with van der Waals surface area (Å²) in [6.45, 7) is 1.56. The molecule has 2 aliphatic heterocycles. The SMILES string of the molecule is CN1C(=O)c2ccc(O)cc2C1c1c(CNCCCCCCCCc2[nH]c3ccccc3c2C2NC(=O)c3ccc(O)cc32)[nH]c2ccccc12. The van der Waals surface area contributed by atoms with E-state index in [1.807, 2.05) is 31.3 Å². The van der Waals surface area contributed by atoms with Gasteiger partial charge in [0.1, 0.15) is 11.5 Å². The number of fused-ring (bicyclic) bond motifs is 4. The van der Waals surface area contributed by atoms with Crippen molar-refractivity contribution in [2.45, 2.75) is 63.6 Å². The summed E-state index contributed by atoms with van der Waals surface area (Å²) in [5.41, 5.74) is 9.40. The van der Waals surface area contributed by atoms with Crippen LogP contribution in [0.25, 0.3) is 21.8 Å². The van der Waals surface area contributed by atoms with Gasteiger partial charge in [0.05, 0.1) is 12.1 Å². The van der Waals surface area contributed by atoms with Gasteiger partial charge in [0, 0.05) is 69.0 Å². The van der Waals surface area contributed by atoms with Gasteiger partial charge in [0.25, 0.3) is 11.8 Å². The fraction of sp³-hybridized carbons (Fsp3) is 0.286. The molecule has 6 N–H and O–H groups in total. The maximum Gasteiger partial charge on any atom is 0.254 e. The number of para-hydroxylation sites is 2. The van der Waals surface area contributed by atoms with Crippen molar-refractivity contribution in [1.82, 2.24) is 25.5 Å². The maximum absolute atomic E-state index is 13.1. The van der Waals surface area contributed by atoms with Crippen LogP contribution in [0.15, 0.2) is 84.9 Å². The average molecular weight is 682 g/mol. The number of carbonyl (C=O) groups excluding carboxylic acids is 2. The van der Waals surface area contributed by atoms with Crippen LogP contribution in [0.4, 0.5) is 0 Å². The van der Waals surface area contributed by atoms with Gasteiger partial charge >= 0.3 is 0 Å². The lowest BCUT2D eigenvalue weighted by Gasteiger charge is -2.22. The maximum atomic E-state index is 13.1. The topological polar surface area (TPSA) is 133 Å². The van der Waals surface area contributed by atoms with Crippen molar-refractivity contribution in [2.75, 3.05) is 13.6 Å². The highest BCUT2D eigenvalue weighted by Crippen LogP contribution is 2.43. The minimum Gasteiger partial charge on any atom is -0.508 e. The van der Waals surface area contributed by atoms with Gasteiger partial charge in [-0.2, -0.15) is 0 Å². The van der Waals surface area contributed by atoms with E-state index in [1.165, 1.54) is 6.42 Å². The fourth-order valence-corrected chi connectivity index (χ4v) is 8.24. The summed E-state index contributed by atoms with van der Waals surface area (Å²) in [5.74, 6) is 0.190. The number of hydrogen-bond donors (Lipinski definition) is 6. The average Bonchev–Trinajstić information content (AvgIpc) is 3.84. The normalized spacial score (nSPS) is 16.7. The molecular formula is C42H43N5O4. The molecule has 0 saturated heterocycles. The van der Waals surface area contributed by atoms with Crippen LogP contribution >= 0.6 is 0 Å². The van der Waals surface area contributed by atoms with E-state index < -0.39 is 0 Å². The largest absolute Gasteiger partial charge is 0.508 e. The Morgan fingerprint density at radius 1 is 0.686 bits per heavy atom. The first-order valence-corrected chi connectivity index (χ1v) is 18.0.